The summed E-state index contributed by atoms with van der Waals surface area (Å²) in [6.07, 6.45) is 46.7. The molecule has 0 aromatic carbocycles. The maximum Gasteiger partial charge on any atom is 0.224 e. The Bertz CT molecular complexity index is 714. The van der Waals surface area contributed by atoms with E-state index in [2.05, 4.69) is 38.2 Å². The van der Waals surface area contributed by atoms with Crippen LogP contribution in [-0.4, -0.2) is 62.0 Å². The number of carbonyl (C=O) groups excluding carboxylic acids is 1. The lowest BCUT2D eigenvalue weighted by molar-refractivity contribution is -0.131. The highest BCUT2D eigenvalue weighted by atomic mass is 16.5. The molecule has 0 unspecified atom stereocenters. The van der Waals surface area contributed by atoms with E-state index >= 15 is 0 Å². The molecule has 5 heteroatoms. The summed E-state index contributed by atoms with van der Waals surface area (Å²) < 4.78 is 12.3. The molecule has 294 valence electrons. The number of rotatable bonds is 38. The Labute approximate surface area is 311 Å². The number of ether oxygens (including phenoxy) is 2. The zero-order chi connectivity index (χ0) is 36.0. The third-order valence-corrected chi connectivity index (χ3v) is 10.5. The van der Waals surface area contributed by atoms with Crippen LogP contribution in [0.4, 0.5) is 0 Å². The lowest BCUT2D eigenvalue weighted by Crippen LogP contribution is -2.30. The Hall–Kier alpha value is -1.17. The Morgan fingerprint density at radius 1 is 0.520 bits per heavy atom. The first kappa shape index (κ1) is 46.9. The summed E-state index contributed by atoms with van der Waals surface area (Å²) in [5, 5.41) is 9.27. The number of aliphatic hydroxyl groups is 1. The Balaban J connectivity index is 2.04. The van der Waals surface area contributed by atoms with Crippen LogP contribution >= 0.6 is 0 Å². The zero-order valence-electron chi connectivity index (χ0n) is 33.5. The van der Waals surface area contributed by atoms with Crippen LogP contribution in [0.15, 0.2) is 24.3 Å². The highest BCUT2D eigenvalue weighted by Crippen LogP contribution is 2.25. The van der Waals surface area contributed by atoms with Crippen LogP contribution in [0.2, 0.25) is 0 Å². The third kappa shape index (κ3) is 29.4. The van der Waals surface area contributed by atoms with E-state index in [0.29, 0.717) is 25.0 Å². The molecule has 1 rings (SSSR count). The maximum atomic E-state index is 12.5. The topological polar surface area (TPSA) is 59.0 Å². The molecule has 2 atom stereocenters. The molecular weight excluding hydrogens is 618 g/mol. The fourth-order valence-electron chi connectivity index (χ4n) is 7.15. The average Bonchev–Trinajstić information content (AvgIpc) is 3.53. The summed E-state index contributed by atoms with van der Waals surface area (Å²) in [6.45, 7) is 8.97. The van der Waals surface area contributed by atoms with E-state index in [1.807, 2.05) is 4.90 Å². The standard InChI is InChI=1S/C45H85NO4/c1-3-5-7-9-11-13-15-17-19-21-23-25-27-29-31-33-37-49-41-43-39-46(45(48)35-36-47)40-44(43)42-50-38-34-32-30-28-26-24-22-20-18-16-14-12-10-8-6-4-2/h17-20,43-44,47H,3-16,21-42H2,1-2H3/b19-17-,20-18-/t43-,44-/m0/s1. The maximum absolute atomic E-state index is 12.5. The number of hydrogen-bond donors (Lipinski definition) is 1. The first-order valence-corrected chi connectivity index (χ1v) is 22.1. The number of nitrogens with zero attached hydrogens (tertiary/aromatic N) is 1. The molecule has 1 aliphatic heterocycles. The molecule has 1 heterocycles. The Morgan fingerprint density at radius 2 is 0.840 bits per heavy atom. The van der Waals surface area contributed by atoms with Crippen molar-refractivity contribution in [2.45, 2.75) is 200 Å². The first-order valence-electron chi connectivity index (χ1n) is 22.1. The minimum absolute atomic E-state index is 0.0570. The quantitative estimate of drug-likeness (QED) is 0.0514. The largest absolute Gasteiger partial charge is 0.396 e. The van der Waals surface area contributed by atoms with Crippen LogP contribution in [0.5, 0.6) is 0 Å². The van der Waals surface area contributed by atoms with Crippen LogP contribution in [0, 0.1) is 11.8 Å². The van der Waals surface area contributed by atoms with E-state index in [9.17, 15) is 9.90 Å². The lowest BCUT2D eigenvalue weighted by atomic mass is 9.98. The van der Waals surface area contributed by atoms with E-state index in [4.69, 9.17) is 9.47 Å². The van der Waals surface area contributed by atoms with Crippen molar-refractivity contribution in [3.8, 4) is 0 Å². The fraction of sp³-hybridized carbons (Fsp3) is 0.889. The normalized spacial score (nSPS) is 16.5. The second-order valence-corrected chi connectivity index (χ2v) is 15.3. The van der Waals surface area contributed by atoms with Gasteiger partial charge >= 0.3 is 0 Å². The van der Waals surface area contributed by atoms with Gasteiger partial charge in [-0.2, -0.15) is 0 Å². The number of aliphatic hydroxyl groups excluding tert-OH is 1. The number of amides is 1. The summed E-state index contributed by atoms with van der Waals surface area (Å²) in [6, 6.07) is 0. The number of allylic oxidation sites excluding steroid dienone is 4. The molecule has 1 saturated heterocycles. The lowest BCUT2D eigenvalue weighted by Gasteiger charge is -2.18. The Morgan fingerprint density at radius 3 is 1.18 bits per heavy atom. The van der Waals surface area contributed by atoms with E-state index in [-0.39, 0.29) is 18.9 Å². The van der Waals surface area contributed by atoms with Crippen molar-refractivity contribution < 1.29 is 19.4 Å². The van der Waals surface area contributed by atoms with Crippen LogP contribution < -0.4 is 0 Å². The number of hydrogen-bond acceptors (Lipinski definition) is 4. The molecule has 0 bridgehead atoms. The van der Waals surface area contributed by atoms with Gasteiger partial charge in [0.05, 0.1) is 19.8 Å². The van der Waals surface area contributed by atoms with Crippen molar-refractivity contribution in [3.63, 3.8) is 0 Å². The van der Waals surface area contributed by atoms with Gasteiger partial charge in [0.15, 0.2) is 0 Å². The van der Waals surface area contributed by atoms with Gasteiger partial charge in [-0.25, -0.2) is 0 Å². The second kappa shape index (κ2) is 37.6. The van der Waals surface area contributed by atoms with Crippen molar-refractivity contribution in [2.24, 2.45) is 11.8 Å². The van der Waals surface area contributed by atoms with Gasteiger partial charge in [-0.1, -0.05) is 154 Å². The summed E-state index contributed by atoms with van der Waals surface area (Å²) in [4.78, 5) is 14.4. The van der Waals surface area contributed by atoms with E-state index < -0.39 is 0 Å². The molecule has 1 aliphatic rings. The Kier molecular flexibility index (Phi) is 35.2. The molecule has 0 saturated carbocycles. The fourth-order valence-corrected chi connectivity index (χ4v) is 7.15. The highest BCUT2D eigenvalue weighted by Gasteiger charge is 2.35. The van der Waals surface area contributed by atoms with Gasteiger partial charge in [-0.3, -0.25) is 4.79 Å². The molecule has 0 spiro atoms. The smallest absolute Gasteiger partial charge is 0.224 e. The summed E-state index contributed by atoms with van der Waals surface area (Å²) in [7, 11) is 0. The summed E-state index contributed by atoms with van der Waals surface area (Å²) in [5.41, 5.74) is 0. The molecule has 0 aromatic heterocycles. The summed E-state index contributed by atoms with van der Waals surface area (Å²) >= 11 is 0. The van der Waals surface area contributed by atoms with Crippen LogP contribution in [0.3, 0.4) is 0 Å². The van der Waals surface area contributed by atoms with E-state index in [1.54, 1.807) is 0 Å². The SMILES string of the molecule is CCCCCCCC/C=C\CCCCCCCCOC[C@@H]1CN(C(=O)CCO)C[C@H]1COCCCCCCCC/C=C\CCCCCCCC. The average molecular weight is 704 g/mol. The monoisotopic (exact) mass is 704 g/mol. The molecule has 5 nitrogen and oxygen atoms in total. The molecule has 0 aliphatic carbocycles. The van der Waals surface area contributed by atoms with Crippen molar-refractivity contribution in [3.05, 3.63) is 24.3 Å². The van der Waals surface area contributed by atoms with Gasteiger partial charge in [0.2, 0.25) is 5.91 Å². The number of likely N-dealkylation sites (tertiary alicyclic amines) is 1. The van der Waals surface area contributed by atoms with Gasteiger partial charge in [0.25, 0.3) is 0 Å². The zero-order valence-corrected chi connectivity index (χ0v) is 33.5. The van der Waals surface area contributed by atoms with Gasteiger partial charge in [-0.15, -0.1) is 0 Å². The second-order valence-electron chi connectivity index (χ2n) is 15.3. The predicted molar refractivity (Wildman–Crippen MR) is 216 cm³/mol. The van der Waals surface area contributed by atoms with Crippen molar-refractivity contribution in [1.82, 2.24) is 4.90 Å². The van der Waals surface area contributed by atoms with Gasteiger partial charge < -0.3 is 19.5 Å². The molecule has 1 fully saturated rings. The molecule has 0 aromatic rings. The molecule has 1 amide bonds. The van der Waals surface area contributed by atoms with Crippen LogP contribution in [-0.2, 0) is 14.3 Å². The minimum atomic E-state index is -0.0798. The van der Waals surface area contributed by atoms with E-state index in [0.717, 1.165) is 39.1 Å². The van der Waals surface area contributed by atoms with Crippen molar-refractivity contribution >= 4 is 5.91 Å². The minimum Gasteiger partial charge on any atom is -0.396 e. The van der Waals surface area contributed by atoms with Crippen LogP contribution in [0.25, 0.3) is 0 Å². The van der Waals surface area contributed by atoms with Crippen molar-refractivity contribution in [2.75, 3.05) is 46.1 Å². The molecule has 0 radical (unpaired) electrons. The third-order valence-electron chi connectivity index (χ3n) is 10.5. The van der Waals surface area contributed by atoms with Gasteiger partial charge in [-0.05, 0) is 64.2 Å². The highest BCUT2D eigenvalue weighted by molar-refractivity contribution is 5.76. The van der Waals surface area contributed by atoms with E-state index in [1.165, 1.54) is 167 Å². The molecule has 1 N–H and O–H groups in total. The van der Waals surface area contributed by atoms with Gasteiger partial charge in [0.1, 0.15) is 0 Å². The first-order chi connectivity index (χ1) is 24.7. The summed E-state index contributed by atoms with van der Waals surface area (Å²) in [5.74, 6) is 0.708. The van der Waals surface area contributed by atoms with Crippen molar-refractivity contribution in [1.29, 1.82) is 0 Å². The molecule has 50 heavy (non-hydrogen) atoms. The van der Waals surface area contributed by atoms with Gasteiger partial charge in [0, 0.05) is 44.6 Å². The number of carbonyl (C=O) groups is 1. The van der Waals surface area contributed by atoms with Crippen LogP contribution in [0.1, 0.15) is 200 Å². The predicted octanol–water partition coefficient (Wildman–Crippen LogP) is 12.6. The molecular formula is C45H85NO4. The number of unbranched alkanes of at least 4 members (excludes halogenated alkanes) is 24.